The molecule has 0 bridgehead atoms. The number of halogens is 2. The van der Waals surface area contributed by atoms with Crippen LogP contribution in [0.25, 0.3) is 24.3 Å². The second-order valence-corrected chi connectivity index (χ2v) is 11.3. The lowest BCUT2D eigenvalue weighted by atomic mass is 10.1. The Morgan fingerprint density at radius 2 is 0.855 bits per heavy atom. The normalized spacial score (nSPS) is 10.1. The molecule has 0 heterocycles. The van der Waals surface area contributed by atoms with E-state index in [2.05, 4.69) is 6.07 Å². The summed E-state index contributed by atoms with van der Waals surface area (Å²) >= 11 is 11.4. The van der Waals surface area contributed by atoms with Crippen LogP contribution < -0.4 is 0 Å². The van der Waals surface area contributed by atoms with E-state index < -0.39 is 11.9 Å². The minimum absolute atomic E-state index is 0.0167. The van der Waals surface area contributed by atoms with Gasteiger partial charge in [-0.1, -0.05) is 108 Å². The average Bonchev–Trinajstić information content (AvgIpc) is 3.21. The molecule has 4 rings (SSSR count). The molecule has 0 atom stereocenters. The predicted molar refractivity (Wildman–Crippen MR) is 215 cm³/mol. The highest BCUT2D eigenvalue weighted by molar-refractivity contribution is 6.30. The number of nitriles is 5. The van der Waals surface area contributed by atoms with E-state index in [0.29, 0.717) is 15.6 Å². The molecule has 0 aromatic heterocycles. The van der Waals surface area contributed by atoms with Crippen LogP contribution in [0, 0.1) is 56.7 Å². The van der Waals surface area contributed by atoms with Crippen LogP contribution in [0.15, 0.2) is 131 Å². The minimum atomic E-state index is -0.611. The van der Waals surface area contributed by atoms with Gasteiger partial charge in [-0.05, 0) is 91.6 Å². The van der Waals surface area contributed by atoms with Gasteiger partial charge in [0.25, 0.3) is 0 Å². The van der Waals surface area contributed by atoms with Crippen molar-refractivity contribution in [2.45, 2.75) is 20.8 Å². The van der Waals surface area contributed by atoms with Gasteiger partial charge in [0.2, 0.25) is 0 Å². The third-order valence-electron chi connectivity index (χ3n) is 6.30. The zero-order valence-electron chi connectivity index (χ0n) is 30.2. The van der Waals surface area contributed by atoms with Crippen LogP contribution in [0.5, 0.6) is 0 Å². The van der Waals surface area contributed by atoms with Crippen molar-refractivity contribution >= 4 is 59.4 Å². The van der Waals surface area contributed by atoms with Gasteiger partial charge < -0.3 is 9.47 Å². The Bertz CT molecular complexity index is 2160. The molecule has 0 saturated heterocycles. The van der Waals surface area contributed by atoms with Crippen molar-refractivity contribution in [1.29, 1.82) is 26.3 Å². The van der Waals surface area contributed by atoms with Crippen LogP contribution in [0.4, 0.5) is 0 Å². The van der Waals surface area contributed by atoms with E-state index in [1.165, 1.54) is 12.2 Å². The predicted octanol–water partition coefficient (Wildman–Crippen LogP) is 10.4. The highest BCUT2D eigenvalue weighted by Gasteiger charge is 2.10. The van der Waals surface area contributed by atoms with Crippen molar-refractivity contribution in [3.05, 3.63) is 164 Å². The largest absolute Gasteiger partial charge is 0.462 e. The molecule has 4 aromatic rings. The van der Waals surface area contributed by atoms with Crippen LogP contribution >= 0.6 is 23.2 Å². The van der Waals surface area contributed by atoms with Crippen LogP contribution in [0.3, 0.4) is 0 Å². The minimum Gasteiger partial charge on any atom is -0.462 e. The van der Waals surface area contributed by atoms with E-state index in [0.717, 1.165) is 22.3 Å². The summed E-state index contributed by atoms with van der Waals surface area (Å²) in [5.74, 6) is -1.19. The van der Waals surface area contributed by atoms with Crippen LogP contribution in [-0.2, 0) is 19.1 Å². The fourth-order valence-corrected chi connectivity index (χ4v) is 4.03. The lowest BCUT2D eigenvalue weighted by Gasteiger charge is -1.99. The number of ether oxygens (including phenoxy) is 2. The van der Waals surface area contributed by atoms with Crippen molar-refractivity contribution < 1.29 is 19.1 Å². The number of nitrogens with zero attached hydrogens (tertiary/aromatic N) is 5. The third kappa shape index (κ3) is 19.9. The molecular formula is C44H35Cl2N5O4. The topological polar surface area (TPSA) is 172 Å². The first-order valence-corrected chi connectivity index (χ1v) is 17.1. The van der Waals surface area contributed by atoms with Gasteiger partial charge in [-0.25, -0.2) is 9.59 Å². The summed E-state index contributed by atoms with van der Waals surface area (Å²) in [5, 5.41) is 44.3. The molecule has 0 unspecified atom stereocenters. The summed E-state index contributed by atoms with van der Waals surface area (Å²) in [4.78, 5) is 22.6. The first-order valence-electron chi connectivity index (χ1n) is 16.3. The van der Waals surface area contributed by atoms with E-state index in [1.54, 1.807) is 81.5 Å². The highest BCUT2D eigenvalue weighted by atomic mass is 35.5. The summed E-state index contributed by atoms with van der Waals surface area (Å²) in [7, 11) is 0. The fraction of sp³-hybridized carbons (Fsp3) is 0.114. The maximum atomic E-state index is 11.3. The first-order chi connectivity index (χ1) is 26.5. The second-order valence-electron chi connectivity index (χ2n) is 10.4. The van der Waals surface area contributed by atoms with Crippen LogP contribution in [0.1, 0.15) is 43.0 Å². The Balaban J connectivity index is 0.000000369. The van der Waals surface area contributed by atoms with E-state index in [1.807, 2.05) is 84.9 Å². The maximum absolute atomic E-state index is 11.3. The highest BCUT2D eigenvalue weighted by Crippen LogP contribution is 2.14. The zero-order chi connectivity index (χ0) is 40.8. The van der Waals surface area contributed by atoms with Gasteiger partial charge in [0.1, 0.15) is 41.0 Å². The molecule has 0 saturated carbocycles. The van der Waals surface area contributed by atoms with Gasteiger partial charge in [0.15, 0.2) is 0 Å². The van der Waals surface area contributed by atoms with E-state index in [9.17, 15) is 9.59 Å². The molecule has 0 aliphatic heterocycles. The summed E-state index contributed by atoms with van der Waals surface area (Å²) in [6.07, 6.45) is 6.35. The number of esters is 2. The second kappa shape index (κ2) is 27.5. The first kappa shape index (κ1) is 45.8. The monoisotopic (exact) mass is 767 g/mol. The quantitative estimate of drug-likeness (QED) is 0.0960. The Labute approximate surface area is 331 Å². The number of carbonyl (C=O) groups excluding carboxylic acids is 2. The van der Waals surface area contributed by atoms with E-state index in [4.69, 9.17) is 59.0 Å². The third-order valence-corrected chi connectivity index (χ3v) is 6.81. The summed E-state index contributed by atoms with van der Waals surface area (Å²) < 4.78 is 9.47. The molecule has 11 heteroatoms. The molecule has 0 aliphatic carbocycles. The van der Waals surface area contributed by atoms with Gasteiger partial charge >= 0.3 is 11.9 Å². The van der Waals surface area contributed by atoms with Gasteiger partial charge in [-0.15, -0.1) is 0 Å². The van der Waals surface area contributed by atoms with Crippen molar-refractivity contribution in [3.8, 4) is 30.3 Å². The van der Waals surface area contributed by atoms with Crippen molar-refractivity contribution in [1.82, 2.24) is 0 Å². The smallest absolute Gasteiger partial charge is 0.348 e. The molecule has 0 fully saturated rings. The molecule has 55 heavy (non-hydrogen) atoms. The number of benzene rings is 4. The number of hydrogen-bond acceptors (Lipinski definition) is 9. The summed E-state index contributed by atoms with van der Waals surface area (Å²) in [5.41, 5.74) is 4.22. The molecule has 0 N–H and O–H groups in total. The van der Waals surface area contributed by atoms with E-state index in [-0.39, 0.29) is 29.9 Å². The van der Waals surface area contributed by atoms with Gasteiger partial charge in [-0.3, -0.25) is 0 Å². The fourth-order valence-electron chi connectivity index (χ4n) is 3.78. The lowest BCUT2D eigenvalue weighted by molar-refractivity contribution is -0.138. The molecular weight excluding hydrogens is 733 g/mol. The molecule has 0 spiro atoms. The summed E-state index contributed by atoms with van der Waals surface area (Å²) in [6, 6.07) is 41.9. The Kier molecular flexibility index (Phi) is 22.9. The molecule has 274 valence electrons. The number of rotatable bonds is 8. The molecule has 0 amide bonds. The average molecular weight is 769 g/mol. The Morgan fingerprint density at radius 1 is 0.509 bits per heavy atom. The van der Waals surface area contributed by atoms with Gasteiger partial charge in [-0.2, -0.15) is 26.3 Å². The Morgan fingerprint density at radius 3 is 1.18 bits per heavy atom. The van der Waals surface area contributed by atoms with Gasteiger partial charge in [0.05, 0.1) is 19.3 Å². The Hall–Kier alpha value is -7.19. The van der Waals surface area contributed by atoms with Gasteiger partial charge in [0, 0.05) is 15.6 Å². The SMILES string of the molecule is C/C(C#N)=C/c1ccc(Cl)cc1.CCOC(=O)/C(C#N)=C\c1ccc(Cl)cc1.CCOC(=O)/C(C#N)=C\c1ccccc1.N#CC(C#N)=Cc1ccccc1. The standard InChI is InChI=1S/C12H10ClNO2.C12H11NO2.C10H8ClN.C10H6N2/c1-2-16-12(15)10(8-14)7-9-3-5-11(13)6-4-9;1-2-15-12(14)11(9-13)8-10-6-4-3-5-7-10;1-8(7-12)6-9-2-4-10(11)5-3-9;11-7-10(8-12)6-9-4-2-1-3-5-9/h3-7H,2H2,1H3;3-8H,2H2,1H3;2-6H,1H3;1-6H/b10-7-;11-8-;8-6-;. The van der Waals surface area contributed by atoms with Crippen LogP contribution in [-0.4, -0.2) is 25.2 Å². The number of carbonyl (C=O) groups is 2. The zero-order valence-corrected chi connectivity index (χ0v) is 31.8. The van der Waals surface area contributed by atoms with E-state index >= 15 is 0 Å². The molecule has 0 radical (unpaired) electrons. The maximum Gasteiger partial charge on any atom is 0.348 e. The summed E-state index contributed by atoms with van der Waals surface area (Å²) in [6.45, 7) is 5.68. The molecule has 4 aromatic carbocycles. The number of allylic oxidation sites excluding steroid dienone is 2. The molecule has 0 aliphatic rings. The number of hydrogen-bond donors (Lipinski definition) is 0. The van der Waals surface area contributed by atoms with Crippen molar-refractivity contribution in [2.24, 2.45) is 0 Å². The van der Waals surface area contributed by atoms with Crippen molar-refractivity contribution in [2.75, 3.05) is 13.2 Å². The molecule has 9 nitrogen and oxygen atoms in total. The van der Waals surface area contributed by atoms with Crippen molar-refractivity contribution in [3.63, 3.8) is 0 Å². The van der Waals surface area contributed by atoms with Crippen LogP contribution in [0.2, 0.25) is 10.0 Å². The lowest BCUT2D eigenvalue weighted by Crippen LogP contribution is -2.05.